The highest BCUT2D eigenvalue weighted by molar-refractivity contribution is 14.1. The molecule has 0 N–H and O–H groups in total. The average molecular weight is 319 g/mol. The first-order chi connectivity index (χ1) is 7.19. The number of nitrogens with zero attached hydrogens (tertiary/aromatic N) is 1. The third-order valence-corrected chi connectivity index (χ3v) is 2.51. The lowest BCUT2D eigenvalue weighted by molar-refractivity contribution is 0.0524. The topological polar surface area (TPSA) is 39.2 Å². The van der Waals surface area contributed by atoms with Gasteiger partial charge in [-0.3, -0.25) is 4.98 Å². The summed E-state index contributed by atoms with van der Waals surface area (Å²) in [6.07, 6.45) is 3.55. The fourth-order valence-electron chi connectivity index (χ4n) is 1.29. The van der Waals surface area contributed by atoms with Gasteiger partial charge in [-0.25, -0.2) is 4.79 Å². The van der Waals surface area contributed by atoms with Crippen molar-refractivity contribution in [3.05, 3.63) is 27.1 Å². The fourth-order valence-corrected chi connectivity index (χ4v) is 1.74. The van der Waals surface area contributed by atoms with Gasteiger partial charge in [0.25, 0.3) is 0 Å². The van der Waals surface area contributed by atoms with Crippen molar-refractivity contribution in [3.8, 4) is 0 Å². The van der Waals surface area contributed by atoms with Crippen molar-refractivity contribution in [2.45, 2.75) is 26.7 Å². The number of ether oxygens (including phenoxy) is 1. The number of hydrogen-bond donors (Lipinski definition) is 0. The van der Waals surface area contributed by atoms with Gasteiger partial charge in [0.2, 0.25) is 0 Å². The van der Waals surface area contributed by atoms with Crippen LogP contribution in [0.3, 0.4) is 0 Å². The van der Waals surface area contributed by atoms with E-state index < -0.39 is 0 Å². The summed E-state index contributed by atoms with van der Waals surface area (Å²) in [6, 6.07) is 1.83. The molecule has 0 aliphatic rings. The molecule has 0 aromatic carbocycles. The Morgan fingerprint density at radius 2 is 2.27 bits per heavy atom. The first-order valence-corrected chi connectivity index (χ1v) is 6.08. The van der Waals surface area contributed by atoms with Crippen molar-refractivity contribution >= 4 is 28.6 Å². The second-order valence-electron chi connectivity index (χ2n) is 3.12. The molecule has 1 heterocycles. The molecule has 0 saturated heterocycles. The van der Waals surface area contributed by atoms with Crippen LogP contribution in [-0.4, -0.2) is 17.6 Å². The monoisotopic (exact) mass is 319 g/mol. The molecule has 0 saturated carbocycles. The Bertz CT molecular complexity index is 352. The van der Waals surface area contributed by atoms with E-state index in [1.165, 1.54) is 0 Å². The summed E-state index contributed by atoms with van der Waals surface area (Å²) in [6.45, 7) is 4.27. The summed E-state index contributed by atoms with van der Waals surface area (Å²) < 4.78 is 5.94. The zero-order chi connectivity index (χ0) is 11.3. The maximum absolute atomic E-state index is 11.6. The highest BCUT2D eigenvalue weighted by Gasteiger charge is 2.13. The van der Waals surface area contributed by atoms with E-state index in [4.69, 9.17) is 4.74 Å². The minimum absolute atomic E-state index is 0.271. The van der Waals surface area contributed by atoms with Gasteiger partial charge in [0.05, 0.1) is 17.9 Å². The second-order valence-corrected chi connectivity index (χ2v) is 4.36. The lowest BCUT2D eigenvalue weighted by Gasteiger charge is -2.07. The molecule has 0 bridgehead atoms. The third-order valence-electron chi connectivity index (χ3n) is 1.92. The van der Waals surface area contributed by atoms with Crippen LogP contribution >= 0.6 is 22.6 Å². The van der Waals surface area contributed by atoms with Gasteiger partial charge in [-0.05, 0) is 42.0 Å². The van der Waals surface area contributed by atoms with Crippen molar-refractivity contribution in [3.63, 3.8) is 0 Å². The predicted molar refractivity (Wildman–Crippen MR) is 66.9 cm³/mol. The van der Waals surface area contributed by atoms with E-state index >= 15 is 0 Å². The van der Waals surface area contributed by atoms with Gasteiger partial charge < -0.3 is 4.74 Å². The molecule has 0 spiro atoms. The molecule has 1 rings (SSSR count). The molecule has 0 amide bonds. The van der Waals surface area contributed by atoms with Gasteiger partial charge in [0.1, 0.15) is 0 Å². The molecule has 0 fully saturated rings. The maximum atomic E-state index is 11.6. The van der Waals surface area contributed by atoms with Crippen LogP contribution in [0.15, 0.2) is 12.3 Å². The first kappa shape index (κ1) is 12.4. The van der Waals surface area contributed by atoms with Crippen LogP contribution < -0.4 is 0 Å². The SMILES string of the molecule is CCCc1ncc(I)cc1C(=O)OCC. The Morgan fingerprint density at radius 1 is 1.53 bits per heavy atom. The number of aryl methyl sites for hydroxylation is 1. The van der Waals surface area contributed by atoms with Crippen LogP contribution in [0.5, 0.6) is 0 Å². The molecular formula is C11H14INO2. The Balaban J connectivity index is 3.00. The number of rotatable bonds is 4. The molecule has 0 aliphatic heterocycles. The minimum atomic E-state index is -0.271. The van der Waals surface area contributed by atoms with Gasteiger partial charge in [-0.15, -0.1) is 0 Å². The average Bonchev–Trinajstić information content (AvgIpc) is 2.21. The van der Waals surface area contributed by atoms with Crippen molar-refractivity contribution in [1.82, 2.24) is 4.98 Å². The van der Waals surface area contributed by atoms with E-state index in [9.17, 15) is 4.79 Å². The van der Waals surface area contributed by atoms with Gasteiger partial charge in [0.15, 0.2) is 0 Å². The molecule has 4 heteroatoms. The molecule has 3 nitrogen and oxygen atoms in total. The summed E-state index contributed by atoms with van der Waals surface area (Å²) in [4.78, 5) is 15.9. The zero-order valence-electron chi connectivity index (χ0n) is 8.92. The smallest absolute Gasteiger partial charge is 0.340 e. The second kappa shape index (κ2) is 6.05. The van der Waals surface area contributed by atoms with Crippen molar-refractivity contribution in [1.29, 1.82) is 0 Å². The Hall–Kier alpha value is -0.650. The highest BCUT2D eigenvalue weighted by atomic mass is 127. The van der Waals surface area contributed by atoms with Crippen molar-refractivity contribution in [2.75, 3.05) is 6.61 Å². The lowest BCUT2D eigenvalue weighted by Crippen LogP contribution is -2.10. The molecule has 1 aromatic rings. The Morgan fingerprint density at radius 3 is 2.87 bits per heavy atom. The molecule has 82 valence electrons. The zero-order valence-corrected chi connectivity index (χ0v) is 11.1. The summed E-state index contributed by atoms with van der Waals surface area (Å²) in [5.74, 6) is -0.271. The number of aromatic nitrogens is 1. The van der Waals surface area contributed by atoms with Crippen LogP contribution in [0, 0.1) is 3.57 Å². The van der Waals surface area contributed by atoms with E-state index in [1.807, 2.05) is 6.07 Å². The van der Waals surface area contributed by atoms with Crippen molar-refractivity contribution < 1.29 is 9.53 Å². The van der Waals surface area contributed by atoms with Crippen LogP contribution in [0.25, 0.3) is 0 Å². The van der Waals surface area contributed by atoms with Crippen molar-refractivity contribution in [2.24, 2.45) is 0 Å². The normalized spacial score (nSPS) is 10.1. The van der Waals surface area contributed by atoms with Gasteiger partial charge in [-0.1, -0.05) is 13.3 Å². The van der Waals surface area contributed by atoms with Crippen LogP contribution in [0.4, 0.5) is 0 Å². The predicted octanol–water partition coefficient (Wildman–Crippen LogP) is 2.82. The first-order valence-electron chi connectivity index (χ1n) is 5.00. The number of pyridine rings is 1. The summed E-state index contributed by atoms with van der Waals surface area (Å²) in [5.41, 5.74) is 1.43. The maximum Gasteiger partial charge on any atom is 0.340 e. The highest BCUT2D eigenvalue weighted by Crippen LogP contribution is 2.14. The van der Waals surface area contributed by atoms with E-state index in [0.29, 0.717) is 12.2 Å². The van der Waals surface area contributed by atoms with E-state index in [1.54, 1.807) is 13.1 Å². The molecule has 15 heavy (non-hydrogen) atoms. The molecular weight excluding hydrogens is 305 g/mol. The number of carbonyl (C=O) groups excluding carboxylic acids is 1. The minimum Gasteiger partial charge on any atom is -0.462 e. The largest absolute Gasteiger partial charge is 0.462 e. The van der Waals surface area contributed by atoms with E-state index in [2.05, 4.69) is 34.5 Å². The molecule has 0 aliphatic carbocycles. The Kier molecular flexibility index (Phi) is 5.01. The molecule has 0 unspecified atom stereocenters. The summed E-state index contributed by atoms with van der Waals surface area (Å²) >= 11 is 2.14. The van der Waals surface area contributed by atoms with Gasteiger partial charge >= 0.3 is 5.97 Å². The van der Waals surface area contributed by atoms with Crippen LogP contribution in [-0.2, 0) is 11.2 Å². The molecule has 0 atom stereocenters. The van der Waals surface area contributed by atoms with Gasteiger partial charge in [-0.2, -0.15) is 0 Å². The fraction of sp³-hybridized carbons (Fsp3) is 0.455. The van der Waals surface area contributed by atoms with E-state index in [-0.39, 0.29) is 5.97 Å². The van der Waals surface area contributed by atoms with Gasteiger partial charge in [0, 0.05) is 9.77 Å². The number of carbonyl (C=O) groups is 1. The summed E-state index contributed by atoms with van der Waals surface area (Å²) in [5, 5.41) is 0. The standard InChI is InChI=1S/C11H14INO2/c1-3-5-10-9(11(14)15-4-2)6-8(12)7-13-10/h6-7H,3-5H2,1-2H3. The molecule has 0 radical (unpaired) electrons. The number of esters is 1. The van der Waals surface area contributed by atoms with Crippen LogP contribution in [0.1, 0.15) is 36.3 Å². The summed E-state index contributed by atoms with van der Waals surface area (Å²) in [7, 11) is 0. The Labute approximate surface area is 103 Å². The van der Waals surface area contributed by atoms with E-state index in [0.717, 1.165) is 22.1 Å². The number of halogens is 1. The quantitative estimate of drug-likeness (QED) is 0.633. The number of hydrogen-bond acceptors (Lipinski definition) is 3. The molecule has 1 aromatic heterocycles. The van der Waals surface area contributed by atoms with Crippen LogP contribution in [0.2, 0.25) is 0 Å². The third kappa shape index (κ3) is 3.44. The lowest BCUT2D eigenvalue weighted by atomic mass is 10.1.